The van der Waals surface area contributed by atoms with E-state index in [9.17, 15) is 4.79 Å². The average Bonchev–Trinajstić information content (AvgIpc) is 2.55. The standard InChI is InChI=1S/C9H9N3O2S/c10-5-1-2-6-8(9(13)14)11-7(4-15)12(6)3-5/h1-3,15H,4,10H2,(H,13,14). The van der Waals surface area contributed by atoms with E-state index in [-0.39, 0.29) is 5.69 Å². The van der Waals surface area contributed by atoms with E-state index in [4.69, 9.17) is 10.8 Å². The van der Waals surface area contributed by atoms with Crippen molar-refractivity contribution in [2.24, 2.45) is 0 Å². The number of thiol groups is 1. The first-order chi connectivity index (χ1) is 7.13. The van der Waals surface area contributed by atoms with Crippen molar-refractivity contribution >= 4 is 29.8 Å². The smallest absolute Gasteiger partial charge is 0.356 e. The van der Waals surface area contributed by atoms with Crippen molar-refractivity contribution in [1.29, 1.82) is 0 Å². The van der Waals surface area contributed by atoms with Crippen LogP contribution in [-0.2, 0) is 5.75 Å². The molecule has 0 fully saturated rings. The van der Waals surface area contributed by atoms with Gasteiger partial charge in [0.25, 0.3) is 0 Å². The predicted octanol–water partition coefficient (Wildman–Crippen LogP) is 1.04. The van der Waals surface area contributed by atoms with Crippen LogP contribution in [0.4, 0.5) is 5.69 Å². The number of rotatable bonds is 2. The molecule has 15 heavy (non-hydrogen) atoms. The van der Waals surface area contributed by atoms with Crippen LogP contribution in [0.2, 0.25) is 0 Å². The van der Waals surface area contributed by atoms with Crippen molar-refractivity contribution in [3.05, 3.63) is 29.8 Å². The van der Waals surface area contributed by atoms with Gasteiger partial charge in [-0.2, -0.15) is 12.6 Å². The highest BCUT2D eigenvalue weighted by Crippen LogP contribution is 2.16. The van der Waals surface area contributed by atoms with Gasteiger partial charge >= 0.3 is 5.97 Å². The number of nitrogens with two attached hydrogens (primary N) is 1. The Kier molecular flexibility index (Phi) is 2.28. The topological polar surface area (TPSA) is 80.6 Å². The lowest BCUT2D eigenvalue weighted by atomic mass is 10.3. The Morgan fingerprint density at radius 3 is 2.93 bits per heavy atom. The van der Waals surface area contributed by atoms with Crippen LogP contribution in [0.25, 0.3) is 5.52 Å². The molecule has 2 rings (SSSR count). The fourth-order valence-electron chi connectivity index (χ4n) is 1.43. The summed E-state index contributed by atoms with van der Waals surface area (Å²) < 4.78 is 1.64. The Morgan fingerprint density at radius 1 is 1.60 bits per heavy atom. The Labute approximate surface area is 90.9 Å². The third-order valence-corrected chi connectivity index (χ3v) is 2.36. The molecule has 2 aromatic rings. The molecule has 0 aromatic carbocycles. The van der Waals surface area contributed by atoms with Crippen molar-refractivity contribution < 1.29 is 9.90 Å². The van der Waals surface area contributed by atoms with E-state index in [0.717, 1.165) is 0 Å². The van der Waals surface area contributed by atoms with Gasteiger partial charge in [-0.3, -0.25) is 0 Å². The molecule has 2 aromatic heterocycles. The highest BCUT2D eigenvalue weighted by atomic mass is 32.1. The van der Waals surface area contributed by atoms with Crippen LogP contribution >= 0.6 is 12.6 Å². The summed E-state index contributed by atoms with van der Waals surface area (Å²) in [7, 11) is 0. The number of hydrogen-bond donors (Lipinski definition) is 3. The third-order valence-electron chi connectivity index (χ3n) is 2.08. The Morgan fingerprint density at radius 2 is 2.33 bits per heavy atom. The monoisotopic (exact) mass is 223 g/mol. The molecule has 0 saturated carbocycles. The molecule has 0 aliphatic heterocycles. The number of carboxylic acid groups (broad SMARTS) is 1. The van der Waals surface area contributed by atoms with E-state index in [2.05, 4.69) is 17.6 Å². The second kappa shape index (κ2) is 3.47. The number of hydrogen-bond acceptors (Lipinski definition) is 4. The van der Waals surface area contributed by atoms with Gasteiger partial charge in [-0.15, -0.1) is 0 Å². The summed E-state index contributed by atoms with van der Waals surface area (Å²) in [6.45, 7) is 0. The quantitative estimate of drug-likeness (QED) is 0.665. The first kappa shape index (κ1) is 9.85. The predicted molar refractivity (Wildman–Crippen MR) is 59.3 cm³/mol. The van der Waals surface area contributed by atoms with E-state index in [1.165, 1.54) is 0 Å². The van der Waals surface area contributed by atoms with Crippen LogP contribution in [0.3, 0.4) is 0 Å². The normalized spacial score (nSPS) is 10.7. The lowest BCUT2D eigenvalue weighted by Crippen LogP contribution is -1.97. The highest BCUT2D eigenvalue weighted by molar-refractivity contribution is 7.79. The summed E-state index contributed by atoms with van der Waals surface area (Å²) in [6, 6.07) is 3.28. The van der Waals surface area contributed by atoms with Gasteiger partial charge in [-0.1, -0.05) is 0 Å². The molecular formula is C9H9N3O2S. The van der Waals surface area contributed by atoms with E-state index >= 15 is 0 Å². The molecule has 0 bridgehead atoms. The molecule has 5 nitrogen and oxygen atoms in total. The zero-order chi connectivity index (χ0) is 11.0. The minimum absolute atomic E-state index is 0.0269. The second-order valence-corrected chi connectivity index (χ2v) is 3.37. The van der Waals surface area contributed by atoms with Crippen molar-refractivity contribution in [1.82, 2.24) is 9.38 Å². The third kappa shape index (κ3) is 1.52. The molecule has 0 aliphatic carbocycles. The fourth-order valence-corrected chi connectivity index (χ4v) is 1.66. The number of carbonyl (C=O) groups is 1. The maximum Gasteiger partial charge on any atom is 0.356 e. The van der Waals surface area contributed by atoms with Crippen LogP contribution < -0.4 is 5.73 Å². The Balaban J connectivity index is 2.81. The largest absolute Gasteiger partial charge is 0.476 e. The van der Waals surface area contributed by atoms with Gasteiger partial charge in [0.15, 0.2) is 5.69 Å². The number of carboxylic acids is 1. The summed E-state index contributed by atoms with van der Waals surface area (Å²) in [6.07, 6.45) is 1.64. The van der Waals surface area contributed by atoms with Gasteiger partial charge in [0.05, 0.1) is 5.52 Å². The molecule has 0 amide bonds. The number of aromatic carboxylic acids is 1. The van der Waals surface area contributed by atoms with Gasteiger partial charge in [-0.05, 0) is 12.1 Å². The van der Waals surface area contributed by atoms with Crippen molar-refractivity contribution in [2.45, 2.75) is 5.75 Å². The van der Waals surface area contributed by atoms with Gasteiger partial charge in [-0.25, -0.2) is 9.78 Å². The number of aromatic nitrogens is 2. The van der Waals surface area contributed by atoms with Crippen molar-refractivity contribution in [3.63, 3.8) is 0 Å². The molecule has 0 spiro atoms. The maximum absolute atomic E-state index is 10.9. The number of anilines is 1. The van der Waals surface area contributed by atoms with Gasteiger partial charge < -0.3 is 15.2 Å². The molecule has 3 N–H and O–H groups in total. The number of pyridine rings is 1. The molecule has 0 radical (unpaired) electrons. The summed E-state index contributed by atoms with van der Waals surface area (Å²) >= 11 is 4.08. The SMILES string of the molecule is Nc1ccc2c(C(=O)O)nc(CS)n2c1. The van der Waals surface area contributed by atoms with Gasteiger partial charge in [0.2, 0.25) is 0 Å². The van der Waals surface area contributed by atoms with E-state index in [1.807, 2.05) is 0 Å². The zero-order valence-corrected chi connectivity index (χ0v) is 8.61. The van der Waals surface area contributed by atoms with Crippen LogP contribution in [0.1, 0.15) is 16.3 Å². The molecule has 6 heteroatoms. The lowest BCUT2D eigenvalue weighted by Gasteiger charge is -1.99. The number of fused-ring (bicyclic) bond motifs is 1. The van der Waals surface area contributed by atoms with Crippen LogP contribution in [0.15, 0.2) is 18.3 Å². The molecular weight excluding hydrogens is 214 g/mol. The van der Waals surface area contributed by atoms with Crippen molar-refractivity contribution in [2.75, 3.05) is 5.73 Å². The average molecular weight is 223 g/mol. The molecule has 78 valence electrons. The number of imidazole rings is 1. The minimum Gasteiger partial charge on any atom is -0.476 e. The molecule has 0 aliphatic rings. The van der Waals surface area contributed by atoms with Crippen LogP contribution in [0.5, 0.6) is 0 Å². The fraction of sp³-hybridized carbons (Fsp3) is 0.111. The van der Waals surface area contributed by atoms with Crippen LogP contribution in [-0.4, -0.2) is 20.5 Å². The molecule has 2 heterocycles. The Bertz CT molecular complexity index is 535. The van der Waals surface area contributed by atoms with Gasteiger partial charge in [0.1, 0.15) is 5.82 Å². The Hall–Kier alpha value is -1.69. The minimum atomic E-state index is -1.05. The molecule has 0 atom stereocenters. The summed E-state index contributed by atoms with van der Waals surface area (Å²) in [5.74, 6) is -0.124. The van der Waals surface area contributed by atoms with Crippen LogP contribution in [0, 0.1) is 0 Å². The molecule has 0 unspecified atom stereocenters. The number of nitrogen functional groups attached to an aromatic ring is 1. The highest BCUT2D eigenvalue weighted by Gasteiger charge is 2.15. The van der Waals surface area contributed by atoms with E-state index in [1.54, 1.807) is 22.7 Å². The molecule has 0 saturated heterocycles. The maximum atomic E-state index is 10.9. The van der Waals surface area contributed by atoms with E-state index < -0.39 is 5.97 Å². The lowest BCUT2D eigenvalue weighted by molar-refractivity contribution is 0.0693. The van der Waals surface area contributed by atoms with E-state index in [0.29, 0.717) is 22.8 Å². The summed E-state index contributed by atoms with van der Waals surface area (Å²) in [5, 5.41) is 8.93. The number of nitrogens with zero attached hydrogens (tertiary/aromatic N) is 2. The first-order valence-corrected chi connectivity index (χ1v) is 4.87. The van der Waals surface area contributed by atoms with Gasteiger partial charge in [0, 0.05) is 17.6 Å². The van der Waals surface area contributed by atoms with Crippen molar-refractivity contribution in [3.8, 4) is 0 Å². The first-order valence-electron chi connectivity index (χ1n) is 4.24. The summed E-state index contributed by atoms with van der Waals surface area (Å²) in [4.78, 5) is 14.9. The zero-order valence-electron chi connectivity index (χ0n) is 7.71. The second-order valence-electron chi connectivity index (χ2n) is 3.06. The summed E-state index contributed by atoms with van der Waals surface area (Å²) in [5.41, 5.74) is 6.72.